The van der Waals surface area contributed by atoms with E-state index in [2.05, 4.69) is 37.2 Å². The fourth-order valence-electron chi connectivity index (χ4n) is 1.98. The van der Waals surface area contributed by atoms with Gasteiger partial charge in [0.25, 0.3) is 5.91 Å². The molecule has 0 aliphatic carbocycles. The lowest BCUT2D eigenvalue weighted by Crippen LogP contribution is -2.13. The van der Waals surface area contributed by atoms with Gasteiger partial charge in [0.05, 0.1) is 21.6 Å². The number of anilines is 1. The molecule has 0 aliphatic heterocycles. The van der Waals surface area contributed by atoms with Crippen LogP contribution >= 0.6 is 55.1 Å². The summed E-state index contributed by atoms with van der Waals surface area (Å²) in [5.41, 5.74) is 0.918. The van der Waals surface area contributed by atoms with E-state index >= 15 is 0 Å². The van der Waals surface area contributed by atoms with Gasteiger partial charge in [-0.2, -0.15) is 5.26 Å². The Balaban J connectivity index is 2.36. The van der Waals surface area contributed by atoms with Crippen molar-refractivity contribution >= 4 is 72.7 Å². The van der Waals surface area contributed by atoms with Crippen molar-refractivity contribution in [1.29, 1.82) is 5.26 Å². The van der Waals surface area contributed by atoms with Gasteiger partial charge in [-0.25, -0.2) is 0 Å². The van der Waals surface area contributed by atoms with Crippen molar-refractivity contribution in [3.05, 3.63) is 60.5 Å². The first-order valence-electron chi connectivity index (χ1n) is 6.77. The Bertz CT molecular complexity index is 908. The summed E-state index contributed by atoms with van der Waals surface area (Å²) in [6.07, 6.45) is 1.45. The SMILES string of the molecule is COc1c(Br)cc(Br)cc1/C=C(\C#N)C(=O)Nc1ccc(Cl)c(Cl)c1. The quantitative estimate of drug-likeness (QED) is 0.406. The summed E-state index contributed by atoms with van der Waals surface area (Å²) in [7, 11) is 1.51. The van der Waals surface area contributed by atoms with E-state index in [1.54, 1.807) is 24.3 Å². The first-order chi connectivity index (χ1) is 11.8. The molecule has 0 fully saturated rings. The third kappa shape index (κ3) is 4.99. The van der Waals surface area contributed by atoms with E-state index in [4.69, 9.17) is 27.9 Å². The van der Waals surface area contributed by atoms with Gasteiger partial charge in [0, 0.05) is 15.7 Å². The van der Waals surface area contributed by atoms with Gasteiger partial charge in [0.15, 0.2) is 0 Å². The van der Waals surface area contributed by atoms with E-state index < -0.39 is 5.91 Å². The summed E-state index contributed by atoms with van der Waals surface area (Å²) >= 11 is 18.5. The number of rotatable bonds is 4. The van der Waals surface area contributed by atoms with Crippen molar-refractivity contribution in [2.75, 3.05) is 12.4 Å². The lowest BCUT2D eigenvalue weighted by atomic mass is 10.1. The number of benzene rings is 2. The molecule has 1 amide bonds. The van der Waals surface area contributed by atoms with Crippen LogP contribution in [-0.4, -0.2) is 13.0 Å². The van der Waals surface area contributed by atoms with Crippen molar-refractivity contribution in [1.82, 2.24) is 0 Å². The fourth-order valence-corrected chi connectivity index (χ4v) is 3.70. The Morgan fingerprint density at radius 1 is 1.24 bits per heavy atom. The predicted octanol–water partition coefficient (Wildman–Crippen LogP) is 6.07. The molecule has 0 spiro atoms. The number of nitrogens with one attached hydrogen (secondary N) is 1. The number of ether oxygens (including phenoxy) is 1. The minimum absolute atomic E-state index is 0.0885. The number of nitriles is 1. The van der Waals surface area contributed by atoms with Crippen LogP contribution in [0.3, 0.4) is 0 Å². The second-order valence-electron chi connectivity index (χ2n) is 4.76. The smallest absolute Gasteiger partial charge is 0.266 e. The number of carbonyl (C=O) groups is 1. The number of halogens is 4. The number of carbonyl (C=O) groups excluding carboxylic acids is 1. The number of amides is 1. The molecule has 25 heavy (non-hydrogen) atoms. The maximum Gasteiger partial charge on any atom is 0.266 e. The summed E-state index contributed by atoms with van der Waals surface area (Å²) in [5.74, 6) is -0.0580. The van der Waals surface area contributed by atoms with Gasteiger partial charge in [-0.1, -0.05) is 39.1 Å². The molecule has 0 bridgehead atoms. The minimum Gasteiger partial charge on any atom is -0.495 e. The average Bonchev–Trinajstić information content (AvgIpc) is 2.55. The average molecular weight is 505 g/mol. The monoisotopic (exact) mass is 502 g/mol. The van der Waals surface area contributed by atoms with Crippen molar-refractivity contribution in [2.24, 2.45) is 0 Å². The highest BCUT2D eigenvalue weighted by Crippen LogP contribution is 2.34. The molecule has 2 rings (SSSR count). The van der Waals surface area contributed by atoms with E-state index in [1.165, 1.54) is 19.3 Å². The molecule has 0 radical (unpaired) electrons. The summed E-state index contributed by atoms with van der Waals surface area (Å²) in [4.78, 5) is 12.4. The summed E-state index contributed by atoms with van der Waals surface area (Å²) in [5, 5.41) is 12.6. The van der Waals surface area contributed by atoms with Gasteiger partial charge in [-0.3, -0.25) is 4.79 Å². The van der Waals surface area contributed by atoms with E-state index in [0.717, 1.165) is 4.47 Å². The molecule has 2 aromatic carbocycles. The van der Waals surface area contributed by atoms with Crippen molar-refractivity contribution in [3.63, 3.8) is 0 Å². The van der Waals surface area contributed by atoms with Gasteiger partial charge >= 0.3 is 0 Å². The van der Waals surface area contributed by atoms with E-state index in [9.17, 15) is 10.1 Å². The first-order valence-corrected chi connectivity index (χ1v) is 9.11. The normalized spacial score (nSPS) is 11.0. The molecule has 0 aliphatic rings. The predicted molar refractivity (Wildman–Crippen MR) is 107 cm³/mol. The number of hydrogen-bond donors (Lipinski definition) is 1. The molecule has 0 saturated heterocycles. The van der Waals surface area contributed by atoms with Gasteiger partial charge < -0.3 is 10.1 Å². The summed E-state index contributed by atoms with van der Waals surface area (Å²) < 4.78 is 6.78. The van der Waals surface area contributed by atoms with E-state index in [1.807, 2.05) is 6.07 Å². The van der Waals surface area contributed by atoms with E-state index in [0.29, 0.717) is 31.5 Å². The second-order valence-corrected chi connectivity index (χ2v) is 7.35. The Morgan fingerprint density at radius 3 is 2.56 bits per heavy atom. The maximum absolute atomic E-state index is 12.4. The van der Waals surface area contributed by atoms with Crippen LogP contribution in [0.25, 0.3) is 6.08 Å². The number of nitrogens with zero attached hydrogens (tertiary/aromatic N) is 1. The second kappa shape index (κ2) is 8.72. The van der Waals surface area contributed by atoms with E-state index in [-0.39, 0.29) is 5.57 Å². The first kappa shape index (κ1) is 19.8. The van der Waals surface area contributed by atoms with Crippen LogP contribution in [0.15, 0.2) is 44.9 Å². The highest BCUT2D eigenvalue weighted by Gasteiger charge is 2.14. The standard InChI is InChI=1S/C17H10Br2Cl2N2O2/c1-25-16-9(5-11(18)6-13(16)19)4-10(8-22)17(24)23-12-2-3-14(20)15(21)7-12/h2-7H,1H3,(H,23,24)/b10-4+. The van der Waals surface area contributed by atoms with Crippen LogP contribution in [0.5, 0.6) is 5.75 Å². The molecule has 0 heterocycles. The van der Waals surface area contributed by atoms with Crippen molar-refractivity contribution < 1.29 is 9.53 Å². The zero-order valence-electron chi connectivity index (χ0n) is 12.7. The Hall–Kier alpha value is -1.52. The summed E-state index contributed by atoms with van der Waals surface area (Å²) in [6.45, 7) is 0. The minimum atomic E-state index is -0.570. The fraction of sp³-hybridized carbons (Fsp3) is 0.0588. The molecule has 0 aromatic heterocycles. The van der Waals surface area contributed by atoms with Crippen LogP contribution in [0.2, 0.25) is 10.0 Å². The maximum atomic E-state index is 12.4. The summed E-state index contributed by atoms with van der Waals surface area (Å²) in [6, 6.07) is 10.1. The van der Waals surface area contributed by atoms with Crippen LogP contribution in [0, 0.1) is 11.3 Å². The van der Waals surface area contributed by atoms with Crippen LogP contribution < -0.4 is 10.1 Å². The molecular formula is C17H10Br2Cl2N2O2. The molecule has 0 atom stereocenters. The zero-order chi connectivity index (χ0) is 18.6. The van der Waals surface area contributed by atoms with Gasteiger partial charge in [0.2, 0.25) is 0 Å². The lowest BCUT2D eigenvalue weighted by molar-refractivity contribution is -0.112. The van der Waals surface area contributed by atoms with Crippen LogP contribution in [-0.2, 0) is 4.79 Å². The third-order valence-corrected chi connectivity index (χ3v) is 4.87. The van der Waals surface area contributed by atoms with Gasteiger partial charge in [0.1, 0.15) is 17.4 Å². The van der Waals surface area contributed by atoms with Gasteiger partial charge in [-0.05, 0) is 52.3 Å². The third-order valence-electron chi connectivity index (χ3n) is 3.08. The Labute approximate surface area is 171 Å². The largest absolute Gasteiger partial charge is 0.495 e. The Morgan fingerprint density at radius 2 is 1.96 bits per heavy atom. The van der Waals surface area contributed by atoms with Gasteiger partial charge in [-0.15, -0.1) is 0 Å². The van der Waals surface area contributed by atoms with Crippen LogP contribution in [0.4, 0.5) is 5.69 Å². The lowest BCUT2D eigenvalue weighted by Gasteiger charge is -2.09. The highest BCUT2D eigenvalue weighted by molar-refractivity contribution is 9.11. The number of hydrogen-bond acceptors (Lipinski definition) is 3. The topological polar surface area (TPSA) is 62.1 Å². The molecule has 0 saturated carbocycles. The molecule has 2 aromatic rings. The molecular weight excluding hydrogens is 495 g/mol. The van der Waals surface area contributed by atoms with Crippen LogP contribution in [0.1, 0.15) is 5.56 Å². The number of methoxy groups -OCH3 is 1. The molecule has 1 N–H and O–H groups in total. The molecule has 0 unspecified atom stereocenters. The van der Waals surface area contributed by atoms with Crippen molar-refractivity contribution in [3.8, 4) is 11.8 Å². The molecule has 4 nitrogen and oxygen atoms in total. The molecule has 8 heteroatoms. The molecule has 128 valence electrons. The highest BCUT2D eigenvalue weighted by atomic mass is 79.9. The zero-order valence-corrected chi connectivity index (χ0v) is 17.4. The Kier molecular flexibility index (Phi) is 6.91. The van der Waals surface area contributed by atoms with Crippen molar-refractivity contribution in [2.45, 2.75) is 0 Å².